The Labute approximate surface area is 275 Å². The number of benzene rings is 1. The van der Waals surface area contributed by atoms with Crippen molar-refractivity contribution in [2.45, 2.75) is 44.2 Å². The summed E-state index contributed by atoms with van der Waals surface area (Å²) in [5.74, 6) is 0.404. The first-order valence-electron chi connectivity index (χ1n) is 16.1. The maximum Gasteiger partial charge on any atom is 0.281 e. The van der Waals surface area contributed by atoms with Crippen molar-refractivity contribution in [1.82, 2.24) is 28.8 Å². The van der Waals surface area contributed by atoms with Gasteiger partial charge in [-0.3, -0.25) is 24.5 Å². The fraction of sp³-hybridized carbons (Fsp3) is 0.400. The Morgan fingerprint density at radius 1 is 0.936 bits per heavy atom. The minimum Gasteiger partial charge on any atom is -0.357 e. The summed E-state index contributed by atoms with van der Waals surface area (Å²) in [5, 5.41) is 12.7. The summed E-state index contributed by atoms with van der Waals surface area (Å²) < 4.78 is 30.3. The summed E-state index contributed by atoms with van der Waals surface area (Å²) in [6.07, 6.45) is 10.7. The minimum atomic E-state index is -3.58. The Morgan fingerprint density at radius 3 is 2.02 bits per heavy atom. The van der Waals surface area contributed by atoms with Crippen LogP contribution in [-0.4, -0.2) is 81.3 Å². The van der Waals surface area contributed by atoms with Crippen LogP contribution in [0.25, 0.3) is 0 Å². The average molecular weight is 652 g/mol. The van der Waals surface area contributed by atoms with Crippen LogP contribution >= 0.6 is 0 Å². The second-order valence-corrected chi connectivity index (χ2v) is 15.2. The largest absolute Gasteiger partial charge is 0.357 e. The highest BCUT2D eigenvalue weighted by Gasteiger charge is 2.66. The number of nitriles is 1. The molecule has 2 unspecified atom stereocenters. The first kappa shape index (κ1) is 31.2. The van der Waals surface area contributed by atoms with E-state index in [-0.39, 0.29) is 29.6 Å². The van der Waals surface area contributed by atoms with E-state index in [9.17, 15) is 23.3 Å². The van der Waals surface area contributed by atoms with Crippen molar-refractivity contribution in [3.8, 4) is 6.07 Å². The quantitative estimate of drug-likeness (QED) is 0.275. The smallest absolute Gasteiger partial charge is 0.281 e. The maximum atomic E-state index is 14.8. The topological polar surface area (TPSA) is 140 Å². The molecule has 1 N–H and O–H groups in total. The number of ketones is 1. The molecule has 5 heterocycles. The van der Waals surface area contributed by atoms with E-state index >= 15 is 0 Å². The highest BCUT2D eigenvalue weighted by Crippen LogP contribution is 2.53. The zero-order valence-electron chi connectivity index (χ0n) is 26.2. The molecule has 4 fully saturated rings. The lowest BCUT2D eigenvalue weighted by molar-refractivity contribution is -0.132. The van der Waals surface area contributed by atoms with Gasteiger partial charge < -0.3 is 5.32 Å². The number of carbonyl (C=O) groups is 2. The summed E-state index contributed by atoms with van der Waals surface area (Å²) >= 11 is 0. The average Bonchev–Trinajstić information content (AvgIpc) is 3.41. The normalized spacial score (nSPS) is 25.4. The van der Waals surface area contributed by atoms with Crippen LogP contribution in [0.5, 0.6) is 0 Å². The molecule has 3 aromatic rings. The summed E-state index contributed by atoms with van der Waals surface area (Å²) in [7, 11) is -3.58. The number of hydrogen-bond acceptors (Lipinski definition) is 8. The van der Waals surface area contributed by atoms with Gasteiger partial charge in [0.15, 0.2) is 5.78 Å². The van der Waals surface area contributed by atoms with Crippen molar-refractivity contribution in [3.05, 3.63) is 107 Å². The van der Waals surface area contributed by atoms with Crippen molar-refractivity contribution in [2.75, 3.05) is 26.2 Å². The number of fused-ring (bicyclic) bond motifs is 1. The van der Waals surface area contributed by atoms with Crippen molar-refractivity contribution in [3.63, 3.8) is 0 Å². The Kier molecular flexibility index (Phi) is 8.16. The zero-order valence-corrected chi connectivity index (χ0v) is 27.0. The van der Waals surface area contributed by atoms with E-state index in [4.69, 9.17) is 0 Å². The van der Waals surface area contributed by atoms with Gasteiger partial charge in [-0.2, -0.15) is 22.3 Å². The van der Waals surface area contributed by atoms with E-state index < -0.39 is 15.7 Å². The number of rotatable bonds is 9. The van der Waals surface area contributed by atoms with E-state index in [2.05, 4.69) is 28.3 Å². The molecule has 0 bridgehead atoms. The Morgan fingerprint density at radius 2 is 1.49 bits per heavy atom. The van der Waals surface area contributed by atoms with Crippen LogP contribution in [0.15, 0.2) is 85.2 Å². The van der Waals surface area contributed by atoms with Crippen LogP contribution in [-0.2, 0) is 27.8 Å². The van der Waals surface area contributed by atoms with Gasteiger partial charge in [-0.1, -0.05) is 6.92 Å². The van der Waals surface area contributed by atoms with Crippen LogP contribution in [0.3, 0.4) is 0 Å². The molecule has 1 aliphatic carbocycles. The second-order valence-electron chi connectivity index (χ2n) is 13.3. The van der Waals surface area contributed by atoms with Crippen LogP contribution in [0.4, 0.5) is 0 Å². The monoisotopic (exact) mass is 651 g/mol. The van der Waals surface area contributed by atoms with Crippen LogP contribution in [0.1, 0.15) is 46.8 Å². The summed E-state index contributed by atoms with van der Waals surface area (Å²) in [6, 6.07) is 15.8. The van der Waals surface area contributed by atoms with Crippen molar-refractivity contribution in [2.24, 2.45) is 17.8 Å². The molecule has 11 nitrogen and oxygen atoms in total. The van der Waals surface area contributed by atoms with E-state index in [1.54, 1.807) is 62.6 Å². The molecule has 0 spiro atoms. The van der Waals surface area contributed by atoms with Gasteiger partial charge in [-0.15, -0.1) is 0 Å². The van der Waals surface area contributed by atoms with Crippen LogP contribution in [0, 0.1) is 29.1 Å². The molecule has 47 heavy (non-hydrogen) atoms. The number of amides is 1. The molecule has 1 aromatic carbocycles. The van der Waals surface area contributed by atoms with E-state index in [0.717, 1.165) is 24.0 Å². The lowest BCUT2D eigenvalue weighted by atomic mass is 9.85. The highest BCUT2D eigenvalue weighted by atomic mass is 32.2. The van der Waals surface area contributed by atoms with Gasteiger partial charge in [0.1, 0.15) is 11.4 Å². The first-order chi connectivity index (χ1) is 22.7. The molecule has 242 valence electrons. The molecule has 2 aromatic heterocycles. The van der Waals surface area contributed by atoms with Gasteiger partial charge in [0, 0.05) is 93.3 Å². The van der Waals surface area contributed by atoms with Gasteiger partial charge in [-0.05, 0) is 78.4 Å². The lowest BCUT2D eigenvalue weighted by Crippen LogP contribution is -2.51. The third-order valence-corrected chi connectivity index (χ3v) is 12.1. The summed E-state index contributed by atoms with van der Waals surface area (Å²) in [6.45, 7) is 3.90. The van der Waals surface area contributed by atoms with E-state index in [0.29, 0.717) is 61.9 Å². The molecular weight excluding hydrogens is 614 g/mol. The second kappa shape index (κ2) is 12.3. The fourth-order valence-electron chi connectivity index (χ4n) is 7.42. The number of allylic oxidation sites excluding steroid dienone is 1. The van der Waals surface area contributed by atoms with Crippen molar-refractivity contribution in [1.29, 1.82) is 5.26 Å². The predicted octanol–water partition coefficient (Wildman–Crippen LogP) is 2.94. The molecular formula is C35H37N7O4S. The third kappa shape index (κ3) is 5.95. The zero-order chi connectivity index (χ0) is 32.8. The van der Waals surface area contributed by atoms with E-state index in [1.165, 1.54) is 6.08 Å². The van der Waals surface area contributed by atoms with Gasteiger partial charge in [0.05, 0.1) is 11.6 Å². The number of nitrogens with one attached hydrogen (secondary N) is 1. The maximum absolute atomic E-state index is 14.8. The number of hydrogen-bond donors (Lipinski definition) is 1. The number of carbonyl (C=O) groups excluding carboxylic acids is 2. The van der Waals surface area contributed by atoms with Crippen molar-refractivity contribution >= 4 is 21.9 Å². The molecule has 7 rings (SSSR count). The molecule has 1 saturated carbocycles. The first-order valence-corrected chi connectivity index (χ1v) is 17.5. The minimum absolute atomic E-state index is 0.0368. The summed E-state index contributed by atoms with van der Waals surface area (Å²) in [4.78, 5) is 38.4. The molecule has 2 atom stereocenters. The molecule has 3 saturated heterocycles. The van der Waals surface area contributed by atoms with Gasteiger partial charge in [0.25, 0.3) is 16.1 Å². The lowest BCUT2D eigenvalue weighted by Gasteiger charge is -2.33. The van der Waals surface area contributed by atoms with Crippen LogP contribution in [0.2, 0.25) is 0 Å². The standard InChI is InChI=1S/C35H37N7O4S/c1-24-10-16-40(17-11-24)47(45,46)41-22-29-30(23-41)33(29)42-32(18-31(43)28-4-2-27(21-36)3-5-28)39-35(34(42)44,19-25-6-12-37-13-7-25)20-26-8-14-38-15-9-26/h2-9,12-15,18,24,29-30,33,39H,10-11,16-17,19-20,22-23H2,1H3. The number of nitrogens with zero attached hydrogens (tertiary/aromatic N) is 6. The fourth-order valence-corrected chi connectivity index (χ4v) is 9.14. The van der Waals surface area contributed by atoms with Crippen LogP contribution < -0.4 is 5.32 Å². The molecule has 0 radical (unpaired) electrons. The number of aromatic nitrogens is 2. The van der Waals surface area contributed by atoms with Gasteiger partial charge in [0.2, 0.25) is 0 Å². The molecule has 4 aliphatic rings. The SMILES string of the molecule is CC1CCN(S(=O)(=O)N2CC3C(C2)C3N2C(=O)C(Cc3ccncc3)(Cc3ccncc3)NC2=CC(=O)c2ccc(C#N)cc2)CC1. The summed E-state index contributed by atoms with van der Waals surface area (Å²) in [5.41, 5.74) is 1.57. The number of pyridine rings is 2. The Bertz CT molecular complexity index is 1780. The number of piperidine rings is 2. The Hall–Kier alpha value is -4.44. The van der Waals surface area contributed by atoms with Crippen molar-refractivity contribution < 1.29 is 18.0 Å². The molecule has 3 aliphatic heterocycles. The predicted molar refractivity (Wildman–Crippen MR) is 173 cm³/mol. The molecule has 12 heteroatoms. The third-order valence-electron chi connectivity index (χ3n) is 10.1. The molecule has 1 amide bonds. The van der Waals surface area contributed by atoms with Gasteiger partial charge >= 0.3 is 0 Å². The Balaban J connectivity index is 1.21. The highest BCUT2D eigenvalue weighted by molar-refractivity contribution is 7.86. The van der Waals surface area contributed by atoms with Gasteiger partial charge in [-0.25, -0.2) is 0 Å². The van der Waals surface area contributed by atoms with E-state index in [1.807, 2.05) is 24.3 Å².